The first-order chi connectivity index (χ1) is 10.8. The van der Waals surface area contributed by atoms with Gasteiger partial charge in [0.25, 0.3) is 0 Å². The van der Waals surface area contributed by atoms with E-state index in [4.69, 9.17) is 4.74 Å². The van der Waals surface area contributed by atoms with Crippen LogP contribution in [0.25, 0.3) is 11.0 Å². The van der Waals surface area contributed by atoms with Crippen LogP contribution in [-0.4, -0.2) is 21.6 Å². The molecular formula is C18H27N3O. The fourth-order valence-electron chi connectivity index (χ4n) is 2.87. The summed E-state index contributed by atoms with van der Waals surface area (Å²) < 4.78 is 7.97. The normalized spacial score (nSPS) is 14.1. The molecule has 1 atom stereocenters. The van der Waals surface area contributed by atoms with Gasteiger partial charge < -0.3 is 4.74 Å². The van der Waals surface area contributed by atoms with Gasteiger partial charge in [-0.05, 0) is 31.6 Å². The number of unbranched alkanes of at least 4 members (excludes halogenated alkanes) is 4. The number of para-hydroxylation sites is 1. The lowest BCUT2D eigenvalue weighted by Gasteiger charge is -2.31. The Bertz CT molecular complexity index is 593. The second-order valence-electron chi connectivity index (χ2n) is 5.64. The lowest BCUT2D eigenvalue weighted by Crippen LogP contribution is -2.35. The van der Waals surface area contributed by atoms with E-state index in [1.807, 2.05) is 41.9 Å². The van der Waals surface area contributed by atoms with Crippen molar-refractivity contribution in [3.05, 3.63) is 36.9 Å². The summed E-state index contributed by atoms with van der Waals surface area (Å²) in [6.45, 7) is 8.88. The Kier molecular flexibility index (Phi) is 6.13. The van der Waals surface area contributed by atoms with Gasteiger partial charge in [-0.1, -0.05) is 56.5 Å². The van der Waals surface area contributed by atoms with Crippen LogP contribution >= 0.6 is 0 Å². The molecule has 0 aliphatic rings. The summed E-state index contributed by atoms with van der Waals surface area (Å²) in [5.41, 5.74) is 1.28. The predicted octanol–water partition coefficient (Wildman–Crippen LogP) is 4.67. The van der Waals surface area contributed by atoms with Gasteiger partial charge in [0.2, 0.25) is 0 Å². The van der Waals surface area contributed by atoms with Crippen LogP contribution in [0.3, 0.4) is 0 Å². The molecule has 0 amide bonds. The van der Waals surface area contributed by atoms with Crippen molar-refractivity contribution in [1.29, 1.82) is 0 Å². The van der Waals surface area contributed by atoms with E-state index in [0.29, 0.717) is 6.61 Å². The summed E-state index contributed by atoms with van der Waals surface area (Å²) in [6.07, 6.45) is 8.88. The molecule has 0 saturated carbocycles. The van der Waals surface area contributed by atoms with Gasteiger partial charge in [-0.25, -0.2) is 4.68 Å². The van der Waals surface area contributed by atoms with Crippen LogP contribution in [-0.2, 0) is 10.5 Å². The van der Waals surface area contributed by atoms with E-state index in [9.17, 15) is 0 Å². The van der Waals surface area contributed by atoms with Crippen LogP contribution in [0.5, 0.6) is 0 Å². The molecule has 2 aromatic rings. The zero-order valence-electron chi connectivity index (χ0n) is 13.8. The summed E-state index contributed by atoms with van der Waals surface area (Å²) in [5.74, 6) is 0. The number of fused-ring (bicyclic) bond motifs is 1. The molecule has 0 aliphatic carbocycles. The molecule has 0 saturated heterocycles. The molecule has 0 radical (unpaired) electrons. The molecule has 1 aromatic carbocycles. The Morgan fingerprint density at radius 1 is 1.18 bits per heavy atom. The maximum atomic E-state index is 6.08. The van der Waals surface area contributed by atoms with Crippen molar-refractivity contribution in [3.63, 3.8) is 0 Å². The Morgan fingerprint density at radius 3 is 2.68 bits per heavy atom. The highest BCUT2D eigenvalue weighted by atomic mass is 16.5. The number of hydrogen-bond donors (Lipinski definition) is 0. The Morgan fingerprint density at radius 2 is 1.95 bits per heavy atom. The fraction of sp³-hybridized carbons (Fsp3) is 0.556. The van der Waals surface area contributed by atoms with Gasteiger partial charge >= 0.3 is 0 Å². The van der Waals surface area contributed by atoms with Crippen LogP contribution in [0.1, 0.15) is 52.4 Å². The molecule has 0 N–H and O–H groups in total. The third kappa shape index (κ3) is 3.55. The molecule has 1 unspecified atom stereocenters. The zero-order chi connectivity index (χ0) is 15.8. The summed E-state index contributed by atoms with van der Waals surface area (Å²) in [5, 5.41) is 8.60. The summed E-state index contributed by atoms with van der Waals surface area (Å²) in [4.78, 5) is 0. The summed E-state index contributed by atoms with van der Waals surface area (Å²) >= 11 is 0. The fourth-order valence-corrected chi connectivity index (χ4v) is 2.87. The number of nitrogens with zero attached hydrogens (tertiary/aromatic N) is 3. The molecule has 4 heteroatoms. The Labute approximate surface area is 133 Å². The lowest BCUT2D eigenvalue weighted by molar-refractivity contribution is -0.0760. The highest BCUT2D eigenvalue weighted by Gasteiger charge is 2.31. The quantitative estimate of drug-likeness (QED) is 0.473. The number of hydrogen-bond acceptors (Lipinski definition) is 3. The third-order valence-corrected chi connectivity index (χ3v) is 4.06. The smallest absolute Gasteiger partial charge is 0.181 e. The Balaban J connectivity index is 2.22. The van der Waals surface area contributed by atoms with Crippen LogP contribution in [0.4, 0.5) is 0 Å². The van der Waals surface area contributed by atoms with E-state index >= 15 is 0 Å². The van der Waals surface area contributed by atoms with Crippen molar-refractivity contribution >= 4 is 11.0 Å². The van der Waals surface area contributed by atoms with E-state index in [1.165, 1.54) is 25.7 Å². The molecule has 120 valence electrons. The van der Waals surface area contributed by atoms with E-state index in [0.717, 1.165) is 23.9 Å². The second-order valence-corrected chi connectivity index (χ2v) is 5.64. The maximum Gasteiger partial charge on any atom is 0.181 e. The van der Waals surface area contributed by atoms with Crippen molar-refractivity contribution in [2.45, 2.75) is 58.1 Å². The highest BCUT2D eigenvalue weighted by Crippen LogP contribution is 2.29. The zero-order valence-corrected chi connectivity index (χ0v) is 13.8. The average molecular weight is 301 g/mol. The number of aromatic nitrogens is 3. The van der Waals surface area contributed by atoms with Crippen LogP contribution in [0, 0.1) is 0 Å². The molecule has 4 nitrogen and oxygen atoms in total. The minimum absolute atomic E-state index is 0.600. The SMILES string of the molecule is C=CC(CCCCCCC)(OCC)n1nnc2ccccc21. The van der Waals surface area contributed by atoms with Crippen molar-refractivity contribution < 1.29 is 4.74 Å². The monoisotopic (exact) mass is 301 g/mol. The number of benzene rings is 1. The molecule has 0 spiro atoms. The number of rotatable bonds is 10. The Hall–Kier alpha value is -1.68. The van der Waals surface area contributed by atoms with Crippen molar-refractivity contribution in [1.82, 2.24) is 15.0 Å². The van der Waals surface area contributed by atoms with E-state index < -0.39 is 5.72 Å². The van der Waals surface area contributed by atoms with Gasteiger partial charge in [0, 0.05) is 13.0 Å². The topological polar surface area (TPSA) is 39.9 Å². The van der Waals surface area contributed by atoms with Crippen LogP contribution in [0.15, 0.2) is 36.9 Å². The van der Waals surface area contributed by atoms with Gasteiger partial charge in [-0.15, -0.1) is 5.10 Å². The predicted molar refractivity (Wildman–Crippen MR) is 90.7 cm³/mol. The minimum Gasteiger partial charge on any atom is -0.350 e. The lowest BCUT2D eigenvalue weighted by atomic mass is 10.0. The molecule has 22 heavy (non-hydrogen) atoms. The van der Waals surface area contributed by atoms with Gasteiger partial charge in [0.05, 0.1) is 5.52 Å². The molecule has 0 aliphatic heterocycles. The first-order valence-electron chi connectivity index (χ1n) is 8.36. The molecule has 0 bridgehead atoms. The first kappa shape index (κ1) is 16.7. The molecule has 2 rings (SSSR count). The van der Waals surface area contributed by atoms with E-state index in [2.05, 4.69) is 23.8 Å². The third-order valence-electron chi connectivity index (χ3n) is 4.06. The molecule has 1 aromatic heterocycles. The van der Waals surface area contributed by atoms with Gasteiger partial charge in [-0.2, -0.15) is 0 Å². The van der Waals surface area contributed by atoms with E-state index in [1.54, 1.807) is 0 Å². The average Bonchev–Trinajstić information content (AvgIpc) is 2.98. The van der Waals surface area contributed by atoms with Crippen molar-refractivity contribution in [2.24, 2.45) is 0 Å². The van der Waals surface area contributed by atoms with Crippen molar-refractivity contribution in [2.75, 3.05) is 6.61 Å². The number of ether oxygens (including phenoxy) is 1. The highest BCUT2D eigenvalue weighted by molar-refractivity contribution is 5.74. The summed E-state index contributed by atoms with van der Waals surface area (Å²) in [7, 11) is 0. The molecular weight excluding hydrogens is 274 g/mol. The van der Waals surface area contributed by atoms with Gasteiger partial charge in [0.1, 0.15) is 5.52 Å². The second kappa shape index (κ2) is 8.08. The van der Waals surface area contributed by atoms with Crippen molar-refractivity contribution in [3.8, 4) is 0 Å². The van der Waals surface area contributed by atoms with Gasteiger partial charge in [0.15, 0.2) is 5.72 Å². The maximum absolute atomic E-state index is 6.08. The van der Waals surface area contributed by atoms with Crippen LogP contribution < -0.4 is 0 Å². The minimum atomic E-state index is -0.600. The molecule has 0 fully saturated rings. The summed E-state index contributed by atoms with van der Waals surface area (Å²) in [6, 6.07) is 7.98. The largest absolute Gasteiger partial charge is 0.350 e. The van der Waals surface area contributed by atoms with E-state index in [-0.39, 0.29) is 0 Å². The van der Waals surface area contributed by atoms with Crippen LogP contribution in [0.2, 0.25) is 0 Å². The first-order valence-corrected chi connectivity index (χ1v) is 8.36. The molecule has 1 heterocycles. The van der Waals surface area contributed by atoms with Gasteiger partial charge in [-0.3, -0.25) is 0 Å². The standard InChI is InChI=1S/C18H27N3O/c1-4-7-8-9-12-15-18(5-2,22-6-3)21-17-14-11-10-13-16(17)19-20-21/h5,10-11,13-14H,2,4,6-9,12,15H2,1,3H3.